The summed E-state index contributed by atoms with van der Waals surface area (Å²) < 4.78 is 0. The SMILES string of the molecule is CN1C(=O)CCC12CCN(C(=O)Nc1ccccc1Cl)C2. The largest absolute Gasteiger partial charge is 0.338 e. The van der Waals surface area contributed by atoms with Crippen LogP contribution in [0.2, 0.25) is 5.02 Å². The molecule has 0 aromatic heterocycles. The number of amides is 3. The quantitative estimate of drug-likeness (QED) is 0.867. The third kappa shape index (κ3) is 2.46. The second-order valence-corrected chi connectivity index (χ2v) is 6.17. The van der Waals surface area contributed by atoms with E-state index in [9.17, 15) is 9.59 Å². The van der Waals surface area contributed by atoms with Gasteiger partial charge in [0, 0.05) is 26.6 Å². The Kier molecular flexibility index (Phi) is 3.53. The van der Waals surface area contributed by atoms with Gasteiger partial charge < -0.3 is 15.1 Å². The van der Waals surface area contributed by atoms with Gasteiger partial charge >= 0.3 is 6.03 Å². The maximum absolute atomic E-state index is 12.3. The van der Waals surface area contributed by atoms with Gasteiger partial charge in [-0.2, -0.15) is 0 Å². The van der Waals surface area contributed by atoms with Crippen LogP contribution in [0.1, 0.15) is 19.3 Å². The molecule has 2 aliphatic heterocycles. The molecule has 1 atom stereocenters. The van der Waals surface area contributed by atoms with Crippen LogP contribution in [0, 0.1) is 0 Å². The number of nitrogens with one attached hydrogen (secondary N) is 1. The van der Waals surface area contributed by atoms with Gasteiger partial charge in [-0.05, 0) is 25.0 Å². The molecule has 2 saturated heterocycles. The number of rotatable bonds is 1. The first-order chi connectivity index (χ1) is 10.0. The van der Waals surface area contributed by atoms with E-state index in [0.29, 0.717) is 30.2 Å². The summed E-state index contributed by atoms with van der Waals surface area (Å²) in [6.45, 7) is 1.25. The molecule has 2 aliphatic rings. The molecule has 0 radical (unpaired) electrons. The van der Waals surface area contributed by atoms with Gasteiger partial charge in [0.15, 0.2) is 0 Å². The number of hydrogen-bond acceptors (Lipinski definition) is 2. The molecule has 6 heteroatoms. The van der Waals surface area contributed by atoms with Crippen molar-refractivity contribution in [2.45, 2.75) is 24.8 Å². The van der Waals surface area contributed by atoms with Crippen molar-refractivity contribution in [1.82, 2.24) is 9.80 Å². The number of urea groups is 1. The average molecular weight is 308 g/mol. The monoisotopic (exact) mass is 307 g/mol. The lowest BCUT2D eigenvalue weighted by Gasteiger charge is -2.31. The van der Waals surface area contributed by atoms with Crippen molar-refractivity contribution in [3.05, 3.63) is 29.3 Å². The van der Waals surface area contributed by atoms with E-state index in [0.717, 1.165) is 12.8 Å². The van der Waals surface area contributed by atoms with Crippen LogP contribution in [0.4, 0.5) is 10.5 Å². The predicted octanol–water partition coefficient (Wildman–Crippen LogP) is 2.57. The molecule has 1 N–H and O–H groups in total. The summed E-state index contributed by atoms with van der Waals surface area (Å²) in [5.41, 5.74) is 0.440. The lowest BCUT2D eigenvalue weighted by molar-refractivity contribution is -0.129. The molecule has 1 aromatic rings. The van der Waals surface area contributed by atoms with Crippen LogP contribution in [0.15, 0.2) is 24.3 Å². The van der Waals surface area contributed by atoms with Crippen molar-refractivity contribution in [1.29, 1.82) is 0 Å². The minimum Gasteiger partial charge on any atom is -0.338 e. The van der Waals surface area contributed by atoms with E-state index in [1.807, 2.05) is 24.1 Å². The molecule has 1 spiro atoms. The molecule has 1 unspecified atom stereocenters. The minimum atomic E-state index is -0.172. The maximum atomic E-state index is 12.3. The molecule has 3 rings (SSSR count). The molecule has 3 amide bonds. The van der Waals surface area contributed by atoms with Crippen molar-refractivity contribution < 1.29 is 9.59 Å². The smallest absolute Gasteiger partial charge is 0.321 e. The third-order valence-electron chi connectivity index (χ3n) is 4.62. The Balaban J connectivity index is 1.68. The third-order valence-corrected chi connectivity index (χ3v) is 4.95. The Bertz CT molecular complexity index is 592. The van der Waals surface area contributed by atoms with E-state index in [1.165, 1.54) is 0 Å². The molecule has 0 aliphatic carbocycles. The molecule has 0 bridgehead atoms. The van der Waals surface area contributed by atoms with E-state index in [1.54, 1.807) is 17.0 Å². The molecule has 0 saturated carbocycles. The summed E-state index contributed by atoms with van der Waals surface area (Å²) in [7, 11) is 1.84. The van der Waals surface area contributed by atoms with Gasteiger partial charge in [0.2, 0.25) is 5.91 Å². The van der Waals surface area contributed by atoms with Crippen LogP contribution in [0.3, 0.4) is 0 Å². The Morgan fingerprint density at radius 3 is 2.76 bits per heavy atom. The number of benzene rings is 1. The maximum Gasteiger partial charge on any atom is 0.321 e. The molecule has 1 aromatic carbocycles. The minimum absolute atomic E-state index is 0.160. The molecule has 21 heavy (non-hydrogen) atoms. The van der Waals surface area contributed by atoms with E-state index in [-0.39, 0.29) is 17.5 Å². The fourth-order valence-electron chi connectivity index (χ4n) is 3.20. The fourth-order valence-corrected chi connectivity index (χ4v) is 3.39. The zero-order valence-corrected chi connectivity index (χ0v) is 12.7. The normalized spacial score (nSPS) is 25.0. The first-order valence-electron chi connectivity index (χ1n) is 7.09. The number of likely N-dealkylation sites (tertiary alicyclic amines) is 2. The van der Waals surface area contributed by atoms with Crippen LogP contribution in [0.25, 0.3) is 0 Å². The van der Waals surface area contributed by atoms with Gasteiger partial charge in [-0.3, -0.25) is 4.79 Å². The molecule has 2 heterocycles. The van der Waals surface area contributed by atoms with Crippen molar-refractivity contribution in [3.8, 4) is 0 Å². The Hall–Kier alpha value is -1.75. The summed E-state index contributed by atoms with van der Waals surface area (Å²) in [6, 6.07) is 7.01. The Morgan fingerprint density at radius 2 is 2.10 bits per heavy atom. The first kappa shape index (κ1) is 14.2. The van der Waals surface area contributed by atoms with Gasteiger partial charge in [-0.25, -0.2) is 4.79 Å². The first-order valence-corrected chi connectivity index (χ1v) is 7.47. The lowest BCUT2D eigenvalue weighted by atomic mass is 9.96. The van der Waals surface area contributed by atoms with Crippen molar-refractivity contribution in [3.63, 3.8) is 0 Å². The Labute approximate surface area is 128 Å². The highest BCUT2D eigenvalue weighted by atomic mass is 35.5. The van der Waals surface area contributed by atoms with Gasteiger partial charge in [0.1, 0.15) is 0 Å². The van der Waals surface area contributed by atoms with Gasteiger partial charge in [0.05, 0.1) is 16.2 Å². The van der Waals surface area contributed by atoms with Crippen molar-refractivity contribution in [2.24, 2.45) is 0 Å². The van der Waals surface area contributed by atoms with Crippen LogP contribution in [-0.2, 0) is 4.79 Å². The number of para-hydroxylation sites is 1. The fraction of sp³-hybridized carbons (Fsp3) is 0.467. The zero-order valence-electron chi connectivity index (χ0n) is 11.9. The van der Waals surface area contributed by atoms with Crippen molar-refractivity contribution >= 4 is 29.2 Å². The number of nitrogens with zero attached hydrogens (tertiary/aromatic N) is 2. The number of likely N-dealkylation sites (N-methyl/N-ethyl adjacent to an activating group) is 1. The summed E-state index contributed by atoms with van der Waals surface area (Å²) >= 11 is 6.05. The Morgan fingerprint density at radius 1 is 1.33 bits per heavy atom. The van der Waals surface area contributed by atoms with Crippen molar-refractivity contribution in [2.75, 3.05) is 25.5 Å². The number of hydrogen-bond donors (Lipinski definition) is 1. The average Bonchev–Trinajstić information content (AvgIpc) is 3.02. The van der Waals surface area contributed by atoms with Crippen LogP contribution >= 0.6 is 11.6 Å². The van der Waals surface area contributed by atoms with E-state index >= 15 is 0 Å². The second kappa shape index (κ2) is 5.22. The molecule has 112 valence electrons. The van der Waals surface area contributed by atoms with Gasteiger partial charge in [0.25, 0.3) is 0 Å². The van der Waals surface area contributed by atoms with Gasteiger partial charge in [-0.1, -0.05) is 23.7 Å². The predicted molar refractivity (Wildman–Crippen MR) is 81.4 cm³/mol. The van der Waals surface area contributed by atoms with E-state index in [4.69, 9.17) is 11.6 Å². The topological polar surface area (TPSA) is 52.7 Å². The van der Waals surface area contributed by atoms with Crippen LogP contribution in [0.5, 0.6) is 0 Å². The molecule has 2 fully saturated rings. The number of anilines is 1. The molecule has 5 nitrogen and oxygen atoms in total. The highest BCUT2D eigenvalue weighted by Gasteiger charge is 2.48. The number of carbonyl (C=O) groups is 2. The number of carbonyl (C=O) groups excluding carboxylic acids is 2. The van der Waals surface area contributed by atoms with E-state index < -0.39 is 0 Å². The summed E-state index contributed by atoms with van der Waals surface area (Å²) in [5, 5.41) is 3.36. The number of halogens is 1. The standard InChI is InChI=1S/C15H18ClN3O2/c1-18-13(20)6-7-15(18)8-9-19(10-15)14(21)17-12-5-3-2-4-11(12)16/h2-5H,6-10H2,1H3,(H,17,21). The lowest BCUT2D eigenvalue weighted by Crippen LogP contribution is -2.46. The second-order valence-electron chi connectivity index (χ2n) is 5.76. The summed E-state index contributed by atoms with van der Waals surface area (Å²) in [4.78, 5) is 27.7. The van der Waals surface area contributed by atoms with Crippen LogP contribution < -0.4 is 5.32 Å². The summed E-state index contributed by atoms with van der Waals surface area (Å²) in [6.07, 6.45) is 2.25. The highest BCUT2D eigenvalue weighted by Crippen LogP contribution is 2.37. The highest BCUT2D eigenvalue weighted by molar-refractivity contribution is 6.33. The zero-order chi connectivity index (χ0) is 15.0. The summed E-state index contributed by atoms with van der Waals surface area (Å²) in [5.74, 6) is 0.170. The molecular weight excluding hydrogens is 290 g/mol. The molecular formula is C15H18ClN3O2. The van der Waals surface area contributed by atoms with E-state index in [2.05, 4.69) is 5.32 Å². The van der Waals surface area contributed by atoms with Crippen LogP contribution in [-0.4, -0.2) is 47.4 Å². The van der Waals surface area contributed by atoms with Gasteiger partial charge in [-0.15, -0.1) is 0 Å².